The molecule has 4 nitrogen and oxygen atoms in total. The van der Waals surface area contributed by atoms with Gasteiger partial charge in [-0.1, -0.05) is 57.3 Å². The van der Waals surface area contributed by atoms with Gasteiger partial charge in [0.15, 0.2) is 14.1 Å². The van der Waals surface area contributed by atoms with Crippen LogP contribution in [0.1, 0.15) is 0 Å². The first kappa shape index (κ1) is 19.7. The van der Waals surface area contributed by atoms with Crippen LogP contribution in [0.2, 0.25) is 0 Å². The SMILES string of the molecule is C[N+]1=C=[N+](c2cccc(Sc3cccc([N+]4=C=[N+](C)c5ccccc54)c3)c2)c2ccccc21. The van der Waals surface area contributed by atoms with E-state index in [-0.39, 0.29) is 0 Å². The van der Waals surface area contributed by atoms with Gasteiger partial charge in [-0.3, -0.25) is 0 Å². The molecule has 2 aliphatic rings. The molecule has 0 unspecified atom stereocenters. The Morgan fingerprint density at radius 1 is 0.515 bits per heavy atom. The normalized spacial score (nSPS) is 13.6. The van der Waals surface area contributed by atoms with Crippen molar-refractivity contribution in [2.45, 2.75) is 9.79 Å². The summed E-state index contributed by atoms with van der Waals surface area (Å²) in [6.07, 6.45) is 0. The predicted molar refractivity (Wildman–Crippen MR) is 135 cm³/mol. The third-order valence-electron chi connectivity index (χ3n) is 5.86. The molecule has 2 heterocycles. The van der Waals surface area contributed by atoms with Crippen LogP contribution in [0.4, 0.5) is 34.1 Å². The van der Waals surface area contributed by atoms with Gasteiger partial charge in [0, 0.05) is 58.3 Å². The van der Waals surface area contributed by atoms with Gasteiger partial charge < -0.3 is 0 Å². The molecule has 6 rings (SSSR count). The summed E-state index contributed by atoms with van der Waals surface area (Å²) in [6.45, 7) is 0. The zero-order valence-corrected chi connectivity index (χ0v) is 19.3. The Kier molecular flexibility index (Phi) is 4.67. The maximum atomic E-state index is 3.42. The molecule has 0 N–H and O–H groups in total. The van der Waals surface area contributed by atoms with Gasteiger partial charge in [0.05, 0.1) is 0 Å². The molecule has 0 amide bonds. The Bertz CT molecular complexity index is 1470. The van der Waals surface area contributed by atoms with E-state index in [1.165, 1.54) is 9.79 Å². The van der Waals surface area contributed by atoms with E-state index in [0.29, 0.717) is 0 Å². The lowest BCUT2D eigenvalue weighted by atomic mass is 10.2. The summed E-state index contributed by atoms with van der Waals surface area (Å²) in [5.74, 6) is 0. The number of hydrogen-bond acceptors (Lipinski definition) is 1. The zero-order valence-electron chi connectivity index (χ0n) is 18.4. The minimum atomic E-state index is 1.10. The first-order chi connectivity index (χ1) is 16.2. The third-order valence-corrected chi connectivity index (χ3v) is 6.83. The van der Waals surface area contributed by atoms with Gasteiger partial charge in [-0.2, -0.15) is 0 Å². The number of hydrogen-bond donors (Lipinski definition) is 0. The van der Waals surface area contributed by atoms with Crippen LogP contribution in [0.3, 0.4) is 0 Å². The van der Waals surface area contributed by atoms with E-state index in [1.807, 2.05) is 23.2 Å². The fourth-order valence-electron chi connectivity index (χ4n) is 4.29. The van der Waals surface area contributed by atoms with Crippen LogP contribution < -0.4 is 9.15 Å². The van der Waals surface area contributed by atoms with Crippen molar-refractivity contribution in [3.05, 3.63) is 97.1 Å². The summed E-state index contributed by atoms with van der Waals surface area (Å²) in [7, 11) is 4.07. The number of fused-ring (bicyclic) bond motifs is 2. The third kappa shape index (κ3) is 3.45. The minimum absolute atomic E-state index is 1.10. The Morgan fingerprint density at radius 2 is 0.939 bits per heavy atom. The van der Waals surface area contributed by atoms with E-state index in [4.69, 9.17) is 0 Å². The van der Waals surface area contributed by atoms with Gasteiger partial charge in [-0.05, 0) is 21.3 Å². The molecule has 0 bridgehead atoms. The standard InChI is InChI=1S/C28H22N4S/c1-29-19-31(27-15-5-3-13-25(27)29)21-9-7-11-23(17-21)33-24-12-8-10-22(18-24)32-20-30(2)26-14-4-6-16-28(26)32/h3-18H,1-2H3/q+4. The smallest absolute Gasteiger partial charge is 0.0896 e. The molecule has 0 saturated heterocycles. The van der Waals surface area contributed by atoms with Crippen molar-refractivity contribution in [1.82, 2.24) is 9.15 Å². The molecule has 33 heavy (non-hydrogen) atoms. The average Bonchev–Trinajstić information content (AvgIpc) is 3.37. The Hall–Kier alpha value is -4.01. The van der Waals surface area contributed by atoms with Gasteiger partial charge in [-0.25, -0.2) is 0 Å². The molecule has 4 aromatic carbocycles. The molecule has 0 radical (unpaired) electrons. The molecule has 156 valence electrons. The van der Waals surface area contributed by atoms with Crippen molar-refractivity contribution in [2.75, 3.05) is 14.1 Å². The first-order valence-corrected chi connectivity index (χ1v) is 11.7. The van der Waals surface area contributed by atoms with E-state index in [1.54, 1.807) is 11.8 Å². The molecule has 0 saturated carbocycles. The van der Waals surface area contributed by atoms with Crippen LogP contribution in [0.15, 0.2) is 107 Å². The van der Waals surface area contributed by atoms with Gasteiger partial charge in [-0.15, -0.1) is 0 Å². The Balaban J connectivity index is 1.32. The molecule has 5 heteroatoms. The zero-order chi connectivity index (χ0) is 22.4. The van der Waals surface area contributed by atoms with Gasteiger partial charge in [0.2, 0.25) is 11.4 Å². The van der Waals surface area contributed by atoms with Crippen LogP contribution in [-0.4, -0.2) is 35.3 Å². The lowest BCUT2D eigenvalue weighted by Crippen LogP contribution is -1.99. The molecule has 0 aromatic heterocycles. The van der Waals surface area contributed by atoms with E-state index >= 15 is 0 Å². The monoisotopic (exact) mass is 446 g/mol. The minimum Gasteiger partial charge on any atom is -0.0896 e. The van der Waals surface area contributed by atoms with Crippen LogP contribution >= 0.6 is 11.8 Å². The van der Waals surface area contributed by atoms with E-state index in [0.717, 1.165) is 34.1 Å². The molecule has 0 aliphatic carbocycles. The summed E-state index contributed by atoms with van der Waals surface area (Å²) in [6, 6.07) is 40.8. The fraction of sp³-hybridized carbons (Fsp3) is 0.0714. The lowest BCUT2D eigenvalue weighted by molar-refractivity contribution is -0.394. The summed E-state index contributed by atoms with van der Waals surface area (Å²) >= 11 is 1.76. The van der Waals surface area contributed by atoms with E-state index in [9.17, 15) is 0 Å². The van der Waals surface area contributed by atoms with Crippen LogP contribution in [0.25, 0.3) is 0 Å². The highest BCUT2D eigenvalue weighted by molar-refractivity contribution is 7.99. The van der Waals surface area contributed by atoms with Crippen molar-refractivity contribution in [2.24, 2.45) is 0 Å². The second-order valence-electron chi connectivity index (χ2n) is 8.06. The highest BCUT2D eigenvalue weighted by Gasteiger charge is 2.33. The van der Waals surface area contributed by atoms with Crippen molar-refractivity contribution in [3.63, 3.8) is 0 Å². The first-order valence-electron chi connectivity index (χ1n) is 10.8. The molecule has 2 aliphatic heterocycles. The van der Waals surface area contributed by atoms with Crippen LogP contribution in [-0.2, 0) is 0 Å². The number of nitrogens with zero attached hydrogens (tertiary/aromatic N) is 4. The molecular formula is C28H22N4S+4. The number of para-hydroxylation sites is 4. The highest BCUT2D eigenvalue weighted by atomic mass is 32.2. The van der Waals surface area contributed by atoms with Crippen LogP contribution in [0, 0.1) is 0 Å². The topological polar surface area (TPSA) is 12.0 Å². The Morgan fingerprint density at radius 3 is 1.39 bits per heavy atom. The quantitative estimate of drug-likeness (QED) is 0.329. The maximum Gasteiger partial charge on any atom is 0.496 e. The second kappa shape index (κ2) is 7.84. The van der Waals surface area contributed by atoms with Crippen molar-refractivity contribution >= 4 is 57.9 Å². The molecular weight excluding hydrogens is 424 g/mol. The van der Waals surface area contributed by atoms with Crippen LogP contribution in [0.5, 0.6) is 0 Å². The molecule has 0 fully saturated rings. The molecule has 0 spiro atoms. The number of rotatable bonds is 4. The largest absolute Gasteiger partial charge is 0.496 e. The molecule has 0 atom stereocenters. The molecule has 4 aromatic rings. The fourth-order valence-corrected chi connectivity index (χ4v) is 5.22. The van der Waals surface area contributed by atoms with Crippen molar-refractivity contribution < 1.29 is 9.15 Å². The predicted octanol–water partition coefficient (Wildman–Crippen LogP) is 6.43. The maximum absolute atomic E-state index is 3.42. The van der Waals surface area contributed by atoms with E-state index < -0.39 is 0 Å². The second-order valence-corrected chi connectivity index (χ2v) is 9.21. The van der Waals surface area contributed by atoms with Crippen molar-refractivity contribution in [3.8, 4) is 0 Å². The number of benzene rings is 4. The van der Waals surface area contributed by atoms with Gasteiger partial charge >= 0.3 is 12.0 Å². The highest BCUT2D eigenvalue weighted by Crippen LogP contribution is 2.37. The van der Waals surface area contributed by atoms with Gasteiger partial charge in [0.1, 0.15) is 0 Å². The lowest BCUT2D eigenvalue weighted by Gasteiger charge is -2.03. The average molecular weight is 447 g/mol. The summed E-state index contributed by atoms with van der Waals surface area (Å²) in [4.78, 5) is 2.37. The summed E-state index contributed by atoms with van der Waals surface area (Å²) in [5, 5.41) is 0. The van der Waals surface area contributed by atoms with E-state index in [2.05, 4.69) is 118 Å². The Labute approximate surface area is 197 Å². The summed E-state index contributed by atoms with van der Waals surface area (Å²) < 4.78 is 8.32. The summed E-state index contributed by atoms with van der Waals surface area (Å²) in [5.41, 5.74) is 6.81. The van der Waals surface area contributed by atoms with Crippen molar-refractivity contribution in [1.29, 1.82) is 0 Å². The van der Waals surface area contributed by atoms with Gasteiger partial charge in [0.25, 0.3) is 22.7 Å².